The third kappa shape index (κ3) is 14.0. The minimum absolute atomic E-state index is 0. The van der Waals surface area contributed by atoms with E-state index in [-0.39, 0.29) is 57.1 Å². The van der Waals surface area contributed by atoms with Gasteiger partial charge in [0.1, 0.15) is 0 Å². The van der Waals surface area contributed by atoms with E-state index in [1.54, 1.807) is 0 Å². The maximum atomic E-state index is 10.1. The van der Waals surface area contributed by atoms with Gasteiger partial charge in [-0.25, -0.2) is 8.42 Å². The topological polar surface area (TPSA) is 95.2 Å². The SMILES string of the molecule is NCCNCCCS(=O)(=O)[O-].[K+]. The molecule has 5 nitrogen and oxygen atoms in total. The molecule has 0 aromatic heterocycles. The third-order valence-electron chi connectivity index (χ3n) is 1.07. The van der Waals surface area contributed by atoms with E-state index in [2.05, 4.69) is 5.32 Å². The van der Waals surface area contributed by atoms with Gasteiger partial charge in [-0.3, -0.25) is 0 Å². The van der Waals surface area contributed by atoms with E-state index in [9.17, 15) is 13.0 Å². The van der Waals surface area contributed by atoms with E-state index in [4.69, 9.17) is 5.73 Å². The van der Waals surface area contributed by atoms with Gasteiger partial charge in [0.2, 0.25) is 0 Å². The zero-order valence-corrected chi connectivity index (χ0v) is 11.2. The maximum Gasteiger partial charge on any atom is 1.00 e. The summed E-state index contributed by atoms with van der Waals surface area (Å²) in [5, 5.41) is 2.88. The van der Waals surface area contributed by atoms with Crippen LogP contribution in [0.1, 0.15) is 6.42 Å². The summed E-state index contributed by atoms with van der Waals surface area (Å²) in [5.41, 5.74) is 5.15. The molecule has 0 rings (SSSR count). The van der Waals surface area contributed by atoms with Gasteiger partial charge < -0.3 is 15.6 Å². The van der Waals surface area contributed by atoms with Gasteiger partial charge in [0.25, 0.3) is 0 Å². The van der Waals surface area contributed by atoms with Crippen molar-refractivity contribution < 1.29 is 64.4 Å². The van der Waals surface area contributed by atoms with E-state index in [0.29, 0.717) is 26.1 Å². The minimum atomic E-state index is -4.03. The molecule has 0 aliphatic rings. The molecule has 0 aliphatic heterocycles. The predicted molar refractivity (Wildman–Crippen MR) is 41.1 cm³/mol. The number of rotatable bonds is 6. The Bertz CT molecular complexity index is 183. The van der Waals surface area contributed by atoms with Crippen molar-refractivity contribution in [3.63, 3.8) is 0 Å². The monoisotopic (exact) mass is 220 g/mol. The van der Waals surface area contributed by atoms with Crippen molar-refractivity contribution in [1.82, 2.24) is 5.32 Å². The van der Waals surface area contributed by atoms with Crippen LogP contribution in [0.4, 0.5) is 0 Å². The van der Waals surface area contributed by atoms with Crippen LogP contribution in [0.2, 0.25) is 0 Å². The molecule has 0 unspecified atom stereocenters. The summed E-state index contributed by atoms with van der Waals surface area (Å²) in [4.78, 5) is 0. The van der Waals surface area contributed by atoms with Crippen molar-refractivity contribution in [2.24, 2.45) is 5.73 Å². The normalized spacial score (nSPS) is 10.8. The molecule has 0 spiro atoms. The molecule has 68 valence electrons. The fourth-order valence-electron chi connectivity index (χ4n) is 0.601. The van der Waals surface area contributed by atoms with Crippen molar-refractivity contribution >= 4 is 10.1 Å². The van der Waals surface area contributed by atoms with Crippen LogP contribution < -0.4 is 62.4 Å². The second kappa shape index (κ2) is 9.04. The molecule has 0 saturated heterocycles. The van der Waals surface area contributed by atoms with Crippen LogP contribution in [0, 0.1) is 0 Å². The molecule has 0 atom stereocenters. The third-order valence-corrected chi connectivity index (χ3v) is 1.86. The molecule has 0 aromatic rings. The van der Waals surface area contributed by atoms with Crippen molar-refractivity contribution in [1.29, 1.82) is 0 Å². The first-order valence-electron chi connectivity index (χ1n) is 3.40. The molecular weight excluding hydrogens is 207 g/mol. The van der Waals surface area contributed by atoms with Crippen LogP contribution in [0.5, 0.6) is 0 Å². The van der Waals surface area contributed by atoms with Crippen LogP contribution in [-0.4, -0.2) is 38.4 Å². The fourth-order valence-corrected chi connectivity index (χ4v) is 1.10. The molecule has 0 saturated carbocycles. The van der Waals surface area contributed by atoms with Gasteiger partial charge in [-0.15, -0.1) is 0 Å². The number of hydrogen-bond acceptors (Lipinski definition) is 5. The molecule has 7 heteroatoms. The number of hydrogen-bond donors (Lipinski definition) is 2. The van der Waals surface area contributed by atoms with Gasteiger partial charge in [-0.2, -0.15) is 0 Å². The molecule has 0 fully saturated rings. The Morgan fingerprint density at radius 2 is 1.92 bits per heavy atom. The summed E-state index contributed by atoms with van der Waals surface area (Å²) in [6.45, 7) is 1.70. The summed E-state index contributed by atoms with van der Waals surface area (Å²) < 4.78 is 30.2. The average Bonchev–Trinajstić information content (AvgIpc) is 1.85. The molecule has 12 heavy (non-hydrogen) atoms. The minimum Gasteiger partial charge on any atom is -0.748 e. The van der Waals surface area contributed by atoms with Gasteiger partial charge in [0.15, 0.2) is 0 Å². The van der Waals surface area contributed by atoms with Gasteiger partial charge in [0, 0.05) is 18.8 Å². The summed E-state index contributed by atoms with van der Waals surface area (Å²) >= 11 is 0. The van der Waals surface area contributed by atoms with Gasteiger partial charge in [0.05, 0.1) is 10.1 Å². The Labute approximate surface area is 116 Å². The summed E-state index contributed by atoms with van der Waals surface area (Å²) in [7, 11) is -4.03. The van der Waals surface area contributed by atoms with E-state index < -0.39 is 10.1 Å². The molecule has 0 radical (unpaired) electrons. The molecule has 3 N–H and O–H groups in total. The fraction of sp³-hybridized carbons (Fsp3) is 1.00. The van der Waals surface area contributed by atoms with Crippen molar-refractivity contribution in [2.75, 3.05) is 25.4 Å². The quantitative estimate of drug-likeness (QED) is 0.267. The zero-order chi connectivity index (χ0) is 8.74. The first-order valence-corrected chi connectivity index (χ1v) is 4.98. The molecule has 0 amide bonds. The van der Waals surface area contributed by atoms with E-state index in [1.807, 2.05) is 0 Å². The maximum absolute atomic E-state index is 10.1. The predicted octanol–water partition coefficient (Wildman–Crippen LogP) is -4.53. The van der Waals surface area contributed by atoms with Crippen LogP contribution in [0.25, 0.3) is 0 Å². The Kier molecular flexibility index (Phi) is 12.0. The van der Waals surface area contributed by atoms with Crippen LogP contribution in [0.15, 0.2) is 0 Å². The molecule has 0 bridgehead atoms. The zero-order valence-electron chi connectivity index (χ0n) is 7.25. The Morgan fingerprint density at radius 1 is 1.33 bits per heavy atom. The van der Waals surface area contributed by atoms with Crippen LogP contribution in [0.3, 0.4) is 0 Å². The van der Waals surface area contributed by atoms with Crippen molar-refractivity contribution in [3.05, 3.63) is 0 Å². The molecule has 0 aliphatic carbocycles. The molecule has 0 aromatic carbocycles. The average molecular weight is 220 g/mol. The molecular formula is C5H13KN2O3S. The summed E-state index contributed by atoms with van der Waals surface area (Å²) in [5.74, 6) is -0.301. The van der Waals surface area contributed by atoms with E-state index in [0.717, 1.165) is 0 Å². The smallest absolute Gasteiger partial charge is 0.748 e. The standard InChI is InChI=1S/C5H14N2O3S.K/c6-2-4-7-3-1-5-11(8,9)10;/h7H,1-6H2,(H,8,9,10);/q;+1/p-1. The van der Waals surface area contributed by atoms with Crippen molar-refractivity contribution in [3.8, 4) is 0 Å². The van der Waals surface area contributed by atoms with Crippen molar-refractivity contribution in [2.45, 2.75) is 6.42 Å². The Hall–Kier alpha value is 1.47. The van der Waals surface area contributed by atoms with Crippen LogP contribution >= 0.6 is 0 Å². The number of nitrogens with one attached hydrogen (secondary N) is 1. The van der Waals surface area contributed by atoms with Gasteiger partial charge in [-0.05, 0) is 13.0 Å². The largest absolute Gasteiger partial charge is 1.00 e. The first-order chi connectivity index (χ1) is 5.06. The Morgan fingerprint density at radius 3 is 2.33 bits per heavy atom. The molecule has 0 heterocycles. The summed E-state index contributed by atoms with van der Waals surface area (Å²) in [6, 6.07) is 0. The van der Waals surface area contributed by atoms with Gasteiger partial charge in [-0.1, -0.05) is 0 Å². The van der Waals surface area contributed by atoms with E-state index >= 15 is 0 Å². The first kappa shape index (κ1) is 15.9. The van der Waals surface area contributed by atoms with E-state index in [1.165, 1.54) is 0 Å². The van der Waals surface area contributed by atoms with Crippen LogP contribution in [-0.2, 0) is 10.1 Å². The second-order valence-corrected chi connectivity index (χ2v) is 3.68. The van der Waals surface area contributed by atoms with Gasteiger partial charge >= 0.3 is 51.4 Å². The second-order valence-electron chi connectivity index (χ2n) is 2.15. The Balaban J connectivity index is 0. The number of nitrogens with two attached hydrogens (primary N) is 1. The summed E-state index contributed by atoms with van der Waals surface area (Å²) in [6.07, 6.45) is 0.353.